The Morgan fingerprint density at radius 1 is 1.50 bits per heavy atom. The average Bonchev–Trinajstić information content (AvgIpc) is 2.82. The fourth-order valence-electron chi connectivity index (χ4n) is 1.57. The van der Waals surface area contributed by atoms with Crippen molar-refractivity contribution in [2.24, 2.45) is 0 Å². The molecule has 1 amide bonds. The summed E-state index contributed by atoms with van der Waals surface area (Å²) in [5.74, 6) is 0.0723. The number of hydrogen-bond donors (Lipinski definition) is 2. The van der Waals surface area contributed by atoms with Gasteiger partial charge >= 0.3 is 0 Å². The van der Waals surface area contributed by atoms with Crippen LogP contribution < -0.4 is 11.1 Å². The van der Waals surface area contributed by atoms with E-state index in [1.54, 1.807) is 11.3 Å². The number of carbonyl (C=O) groups excluding carboxylic acids is 1. The first-order valence-corrected chi connectivity index (χ1v) is 6.49. The minimum absolute atomic E-state index is 0.0476. The largest absolute Gasteiger partial charge is 0.382 e. The van der Waals surface area contributed by atoms with Crippen LogP contribution >= 0.6 is 11.3 Å². The summed E-state index contributed by atoms with van der Waals surface area (Å²) in [6.45, 7) is 1.96. The summed E-state index contributed by atoms with van der Waals surface area (Å²) in [7, 11) is 0. The monoisotopic (exact) mass is 262 g/mol. The molecule has 0 spiro atoms. The van der Waals surface area contributed by atoms with Crippen LogP contribution in [0, 0.1) is 0 Å². The molecule has 0 saturated heterocycles. The SMILES string of the molecule is CC(Cc1ccsc1)NC(=O)c1cnc(N)cn1. The first kappa shape index (κ1) is 12.5. The van der Waals surface area contributed by atoms with E-state index in [2.05, 4.69) is 26.7 Å². The lowest BCUT2D eigenvalue weighted by molar-refractivity contribution is 0.0934. The van der Waals surface area contributed by atoms with Gasteiger partial charge in [0.1, 0.15) is 11.5 Å². The number of carbonyl (C=O) groups is 1. The molecule has 0 radical (unpaired) electrons. The number of aromatic nitrogens is 2. The van der Waals surface area contributed by atoms with Gasteiger partial charge in [-0.25, -0.2) is 9.97 Å². The third-order valence-corrected chi connectivity index (χ3v) is 3.14. The fraction of sp³-hybridized carbons (Fsp3) is 0.250. The number of nitrogen functional groups attached to an aromatic ring is 1. The van der Waals surface area contributed by atoms with Gasteiger partial charge in [-0.3, -0.25) is 4.79 Å². The standard InChI is InChI=1S/C12H14N4OS/c1-8(4-9-2-3-18-7-9)16-12(17)10-5-15-11(13)6-14-10/h2-3,5-8H,4H2,1H3,(H2,13,15)(H,16,17). The van der Waals surface area contributed by atoms with Crippen molar-refractivity contribution >= 4 is 23.1 Å². The molecular weight excluding hydrogens is 248 g/mol. The van der Waals surface area contributed by atoms with Crippen LogP contribution in [0.3, 0.4) is 0 Å². The third kappa shape index (κ3) is 3.27. The van der Waals surface area contributed by atoms with Gasteiger partial charge in [0.2, 0.25) is 0 Å². The van der Waals surface area contributed by atoms with Crippen LogP contribution in [0.2, 0.25) is 0 Å². The Labute approximate surface area is 109 Å². The van der Waals surface area contributed by atoms with E-state index >= 15 is 0 Å². The summed E-state index contributed by atoms with van der Waals surface area (Å²) in [4.78, 5) is 19.6. The summed E-state index contributed by atoms with van der Waals surface area (Å²) in [6, 6.07) is 2.10. The van der Waals surface area contributed by atoms with Crippen LogP contribution in [0.5, 0.6) is 0 Å². The van der Waals surface area contributed by atoms with Crippen molar-refractivity contribution in [2.75, 3.05) is 5.73 Å². The van der Waals surface area contributed by atoms with Crippen molar-refractivity contribution in [3.05, 3.63) is 40.5 Å². The fourth-order valence-corrected chi connectivity index (χ4v) is 2.25. The number of thiophene rings is 1. The number of nitrogens with two attached hydrogens (primary N) is 1. The highest BCUT2D eigenvalue weighted by molar-refractivity contribution is 7.07. The van der Waals surface area contributed by atoms with Crippen LogP contribution in [0.4, 0.5) is 5.82 Å². The predicted octanol–water partition coefficient (Wildman–Crippen LogP) is 1.48. The van der Waals surface area contributed by atoms with Gasteiger partial charge in [0, 0.05) is 6.04 Å². The lowest BCUT2D eigenvalue weighted by atomic mass is 10.1. The smallest absolute Gasteiger partial charge is 0.271 e. The number of nitrogens with zero attached hydrogens (tertiary/aromatic N) is 2. The van der Waals surface area contributed by atoms with E-state index < -0.39 is 0 Å². The van der Waals surface area contributed by atoms with Crippen LogP contribution in [0.25, 0.3) is 0 Å². The van der Waals surface area contributed by atoms with Crippen molar-refractivity contribution in [3.63, 3.8) is 0 Å². The summed E-state index contributed by atoms with van der Waals surface area (Å²) in [5, 5.41) is 6.97. The van der Waals surface area contributed by atoms with Crippen molar-refractivity contribution in [1.82, 2.24) is 15.3 Å². The van der Waals surface area contributed by atoms with E-state index in [1.807, 2.05) is 12.3 Å². The normalized spacial score (nSPS) is 12.1. The van der Waals surface area contributed by atoms with Crippen molar-refractivity contribution in [3.8, 4) is 0 Å². The number of hydrogen-bond acceptors (Lipinski definition) is 5. The second kappa shape index (κ2) is 5.59. The maximum absolute atomic E-state index is 11.8. The highest BCUT2D eigenvalue weighted by atomic mass is 32.1. The van der Waals surface area contributed by atoms with E-state index in [0.717, 1.165) is 6.42 Å². The molecule has 18 heavy (non-hydrogen) atoms. The highest BCUT2D eigenvalue weighted by Crippen LogP contribution is 2.08. The van der Waals surface area contributed by atoms with Gasteiger partial charge in [0.15, 0.2) is 0 Å². The van der Waals surface area contributed by atoms with Crippen molar-refractivity contribution in [1.29, 1.82) is 0 Å². The molecule has 2 aromatic rings. The van der Waals surface area contributed by atoms with Crippen molar-refractivity contribution < 1.29 is 4.79 Å². The first-order valence-electron chi connectivity index (χ1n) is 5.54. The van der Waals surface area contributed by atoms with E-state index in [0.29, 0.717) is 5.82 Å². The first-order chi connectivity index (χ1) is 8.65. The third-order valence-electron chi connectivity index (χ3n) is 2.40. The number of amides is 1. The molecule has 2 rings (SSSR count). The molecule has 94 valence electrons. The topological polar surface area (TPSA) is 80.9 Å². The number of anilines is 1. The second-order valence-corrected chi connectivity index (χ2v) is 4.82. The van der Waals surface area contributed by atoms with Gasteiger partial charge in [-0.1, -0.05) is 0 Å². The Bertz CT molecular complexity index is 509. The van der Waals surface area contributed by atoms with E-state index in [-0.39, 0.29) is 17.6 Å². The van der Waals surface area contributed by atoms with Crippen LogP contribution in [0.1, 0.15) is 23.0 Å². The molecule has 1 unspecified atom stereocenters. The molecule has 5 nitrogen and oxygen atoms in total. The molecule has 2 aromatic heterocycles. The second-order valence-electron chi connectivity index (χ2n) is 4.04. The number of nitrogens with one attached hydrogen (secondary N) is 1. The molecule has 6 heteroatoms. The minimum Gasteiger partial charge on any atom is -0.382 e. The van der Waals surface area contributed by atoms with Gasteiger partial charge in [0.25, 0.3) is 5.91 Å². The van der Waals surface area contributed by atoms with Crippen LogP contribution in [-0.2, 0) is 6.42 Å². The zero-order valence-electron chi connectivity index (χ0n) is 9.96. The zero-order chi connectivity index (χ0) is 13.0. The summed E-state index contributed by atoms with van der Waals surface area (Å²) in [6.07, 6.45) is 3.55. The molecule has 0 fully saturated rings. The Kier molecular flexibility index (Phi) is 3.88. The maximum atomic E-state index is 11.8. The van der Waals surface area contributed by atoms with Gasteiger partial charge in [0.05, 0.1) is 12.4 Å². The molecule has 1 atom stereocenters. The van der Waals surface area contributed by atoms with Crippen LogP contribution in [0.15, 0.2) is 29.2 Å². The Balaban J connectivity index is 1.92. The molecule has 0 bridgehead atoms. The van der Waals surface area contributed by atoms with E-state index in [1.165, 1.54) is 18.0 Å². The number of rotatable bonds is 4. The Hall–Kier alpha value is -1.95. The summed E-state index contributed by atoms with van der Waals surface area (Å²) >= 11 is 1.65. The molecule has 0 aliphatic carbocycles. The van der Waals surface area contributed by atoms with Crippen molar-refractivity contribution in [2.45, 2.75) is 19.4 Å². The highest BCUT2D eigenvalue weighted by Gasteiger charge is 2.11. The van der Waals surface area contributed by atoms with Gasteiger partial charge in [-0.2, -0.15) is 11.3 Å². The molecular formula is C12H14N4OS. The molecule has 0 aliphatic rings. The minimum atomic E-state index is -0.231. The maximum Gasteiger partial charge on any atom is 0.271 e. The Morgan fingerprint density at radius 2 is 2.33 bits per heavy atom. The summed E-state index contributed by atoms with van der Waals surface area (Å²) < 4.78 is 0. The molecule has 0 aliphatic heterocycles. The lowest BCUT2D eigenvalue weighted by Crippen LogP contribution is -2.34. The molecule has 0 saturated carbocycles. The summed E-state index contributed by atoms with van der Waals surface area (Å²) in [5.41, 5.74) is 6.91. The lowest BCUT2D eigenvalue weighted by Gasteiger charge is -2.12. The van der Waals surface area contributed by atoms with Gasteiger partial charge in [-0.15, -0.1) is 0 Å². The Morgan fingerprint density at radius 3 is 2.94 bits per heavy atom. The zero-order valence-corrected chi connectivity index (χ0v) is 10.8. The molecule has 2 heterocycles. The molecule has 3 N–H and O–H groups in total. The van der Waals surface area contributed by atoms with Gasteiger partial charge < -0.3 is 11.1 Å². The van der Waals surface area contributed by atoms with E-state index in [9.17, 15) is 4.79 Å². The predicted molar refractivity (Wildman–Crippen MR) is 71.4 cm³/mol. The van der Waals surface area contributed by atoms with Gasteiger partial charge in [-0.05, 0) is 35.7 Å². The van der Waals surface area contributed by atoms with E-state index in [4.69, 9.17) is 5.73 Å². The molecule has 0 aromatic carbocycles. The van der Waals surface area contributed by atoms with Crippen LogP contribution in [-0.4, -0.2) is 21.9 Å². The average molecular weight is 262 g/mol. The quantitative estimate of drug-likeness (QED) is 0.874.